The molecule has 2 aliphatic carbocycles. The Morgan fingerprint density at radius 1 is 0.984 bits per heavy atom. The Morgan fingerprint density at radius 2 is 1.71 bits per heavy atom. The fourth-order valence-corrected chi connectivity index (χ4v) is 10.1. The minimum atomic E-state index is -4.68. The van der Waals surface area contributed by atoms with E-state index >= 15 is 0 Å². The van der Waals surface area contributed by atoms with Gasteiger partial charge in [-0.2, -0.15) is 0 Å². The van der Waals surface area contributed by atoms with Gasteiger partial charge in [0.25, 0.3) is 15.9 Å². The normalized spacial score (nSPS) is 27.1. The number of carbonyl (C=O) groups is 5. The number of nitrogens with zero attached hydrogens (tertiary/aromatic N) is 5. The highest BCUT2D eigenvalue weighted by Gasteiger charge is 2.61. The van der Waals surface area contributed by atoms with Gasteiger partial charge in [0.1, 0.15) is 46.4 Å². The number of fused-ring (bicyclic) bond motifs is 2. The van der Waals surface area contributed by atoms with Gasteiger partial charge < -0.3 is 40.1 Å². The molecular formula is C43H54FN9O9S. The van der Waals surface area contributed by atoms with E-state index in [1.54, 1.807) is 18.3 Å². The van der Waals surface area contributed by atoms with E-state index in [9.17, 15) is 36.8 Å². The molecule has 5 amide bonds. The average molecular weight is 892 g/mol. The van der Waals surface area contributed by atoms with Crippen molar-refractivity contribution in [3.63, 3.8) is 0 Å². The van der Waals surface area contributed by atoms with Crippen LogP contribution >= 0.6 is 0 Å². The summed E-state index contributed by atoms with van der Waals surface area (Å²) in [5.41, 5.74) is -1.30. The number of nitrogens with one attached hydrogen (secondary N) is 4. The molecule has 2 saturated carbocycles. The van der Waals surface area contributed by atoms with Gasteiger partial charge in [0, 0.05) is 51.3 Å². The van der Waals surface area contributed by atoms with E-state index in [0.717, 1.165) is 37.8 Å². The van der Waals surface area contributed by atoms with E-state index in [1.807, 2.05) is 9.62 Å². The molecule has 4 N–H and O–H groups in total. The summed E-state index contributed by atoms with van der Waals surface area (Å²) < 4.78 is 55.6. The number of carbonyl (C=O) groups excluding carboxylic acids is 5. The maximum atomic E-state index is 14.6. The molecule has 338 valence electrons. The molecule has 1 aromatic carbocycles. The Balaban J connectivity index is 1.13. The summed E-state index contributed by atoms with van der Waals surface area (Å²) in [5, 5.41) is 8.51. The van der Waals surface area contributed by atoms with Crippen LogP contribution in [-0.2, 0) is 33.9 Å². The molecule has 20 heteroatoms. The van der Waals surface area contributed by atoms with Gasteiger partial charge >= 0.3 is 12.2 Å². The third-order valence-corrected chi connectivity index (χ3v) is 13.9. The monoisotopic (exact) mass is 891 g/mol. The number of halogens is 1. The van der Waals surface area contributed by atoms with E-state index in [2.05, 4.69) is 32.4 Å². The van der Waals surface area contributed by atoms with Gasteiger partial charge in [0.05, 0.1) is 18.8 Å². The number of pyridine rings is 1. The highest BCUT2D eigenvalue weighted by atomic mass is 32.2. The van der Waals surface area contributed by atoms with Crippen LogP contribution in [0.1, 0.15) is 77.0 Å². The number of rotatable bonds is 5. The van der Waals surface area contributed by atoms with Crippen molar-refractivity contribution < 1.29 is 46.3 Å². The van der Waals surface area contributed by atoms with Crippen molar-refractivity contribution in [3.05, 3.63) is 66.4 Å². The second-order valence-electron chi connectivity index (χ2n) is 16.8. The zero-order valence-electron chi connectivity index (χ0n) is 35.1. The Labute approximate surface area is 366 Å². The van der Waals surface area contributed by atoms with Crippen LogP contribution in [0.5, 0.6) is 0 Å². The molecule has 0 unspecified atom stereocenters. The van der Waals surface area contributed by atoms with Gasteiger partial charge in [-0.15, -0.1) is 6.58 Å². The van der Waals surface area contributed by atoms with Crippen LogP contribution in [0.4, 0.5) is 31.2 Å². The summed E-state index contributed by atoms with van der Waals surface area (Å²) in [6, 6.07) is 4.16. The fourth-order valence-electron chi connectivity index (χ4n) is 8.90. The Hall–Kier alpha value is -5.97. The van der Waals surface area contributed by atoms with E-state index in [1.165, 1.54) is 21.9 Å². The van der Waals surface area contributed by atoms with Crippen LogP contribution in [0.2, 0.25) is 0 Å². The number of sulfonamides is 1. The lowest BCUT2D eigenvalue weighted by atomic mass is 10.0. The number of alkyl carbamates (subject to hydrolysis) is 1. The zero-order chi connectivity index (χ0) is 44.7. The molecule has 2 saturated heterocycles. The number of anilines is 2. The maximum absolute atomic E-state index is 14.6. The van der Waals surface area contributed by atoms with Gasteiger partial charge in [-0.3, -0.25) is 19.4 Å². The fraction of sp³-hybridized carbons (Fsp3) is 0.558. The predicted molar refractivity (Wildman–Crippen MR) is 227 cm³/mol. The standard InChI is InChI=1S/C43H54FN9O9S/c1-3-28-26-43(28)40(56)50-63(59,60)36-24-29(44)16-17-32(36)46-18-10-6-4-5-7-14-34(48-41(57)61-30-12-8-9-13-30)39(55)53-27-31(25-35(53)38(54)49-43)62-42(58)52-22-20-51(21-23-52)37-33(45-2)15-11-19-47-37/h3,11,15-17,19,24,28,30-31,34-35,46H,1,4-10,12-14,18,20-23,25-27H2,(H,48,57)(H,49,54)(H,50,56)/t28-,31-,34+,35+,43-/m1/s1. The molecule has 2 aromatic rings. The van der Waals surface area contributed by atoms with Crippen molar-refractivity contribution in [2.24, 2.45) is 5.92 Å². The molecule has 63 heavy (non-hydrogen) atoms. The van der Waals surface area contributed by atoms with Crippen molar-refractivity contribution in [1.29, 1.82) is 0 Å². The first kappa shape index (κ1) is 45.1. The minimum absolute atomic E-state index is 0.0179. The Kier molecular flexibility index (Phi) is 14.0. The number of amides is 5. The molecule has 4 fully saturated rings. The van der Waals surface area contributed by atoms with Crippen molar-refractivity contribution >= 4 is 57.1 Å². The molecule has 5 atom stereocenters. The molecule has 0 bridgehead atoms. The zero-order valence-corrected chi connectivity index (χ0v) is 35.9. The SMILES string of the molecule is [C-]#[N+]c1cccnc1N1CCN(C(=O)O[C@@H]2C[C@H]3C(=O)N[C@@]4(C[C@H]4C=C)C(=O)NS(=O)(=O)c4cc(F)ccc4NCCCCCCC[C@H](NC(=O)OC4CCCC4)C(=O)N3C2)CC1. The molecular weight excluding hydrogens is 838 g/mol. The van der Waals surface area contributed by atoms with Crippen LogP contribution in [0.15, 0.2) is 54.1 Å². The van der Waals surface area contributed by atoms with E-state index < -0.39 is 80.3 Å². The summed E-state index contributed by atoms with van der Waals surface area (Å²) in [6.45, 7) is 12.6. The lowest BCUT2D eigenvalue weighted by Crippen LogP contribution is -2.58. The molecule has 3 aliphatic heterocycles. The Morgan fingerprint density at radius 3 is 2.44 bits per heavy atom. The Bertz CT molecular complexity index is 2230. The second kappa shape index (κ2) is 19.6. The number of aromatic nitrogens is 1. The quantitative estimate of drug-likeness (QED) is 0.244. The largest absolute Gasteiger partial charge is 0.446 e. The predicted octanol–water partition coefficient (Wildman–Crippen LogP) is 4.37. The van der Waals surface area contributed by atoms with Crippen LogP contribution in [0.3, 0.4) is 0 Å². The number of ether oxygens (including phenoxy) is 2. The lowest BCUT2D eigenvalue weighted by molar-refractivity contribution is -0.141. The third kappa shape index (κ3) is 10.5. The molecule has 7 rings (SSSR count). The first-order valence-electron chi connectivity index (χ1n) is 21.7. The average Bonchev–Trinajstić information content (AvgIpc) is 3.51. The molecule has 1 aromatic heterocycles. The lowest BCUT2D eigenvalue weighted by Gasteiger charge is -2.35. The van der Waals surface area contributed by atoms with Gasteiger partial charge in [-0.05, 0) is 63.1 Å². The maximum Gasteiger partial charge on any atom is 0.410 e. The highest BCUT2D eigenvalue weighted by molar-refractivity contribution is 7.90. The number of hydrogen-bond acceptors (Lipinski definition) is 12. The summed E-state index contributed by atoms with van der Waals surface area (Å²) in [5.74, 6) is -3.51. The first-order valence-corrected chi connectivity index (χ1v) is 23.2. The van der Waals surface area contributed by atoms with Gasteiger partial charge in [0.15, 0.2) is 0 Å². The molecule has 4 heterocycles. The summed E-state index contributed by atoms with van der Waals surface area (Å²) >= 11 is 0. The van der Waals surface area contributed by atoms with Crippen LogP contribution in [0, 0.1) is 18.3 Å². The summed E-state index contributed by atoms with van der Waals surface area (Å²) in [4.78, 5) is 82.1. The third-order valence-electron chi connectivity index (χ3n) is 12.5. The molecule has 18 nitrogen and oxygen atoms in total. The second-order valence-corrected chi connectivity index (χ2v) is 18.4. The van der Waals surface area contributed by atoms with Gasteiger partial charge in [-0.1, -0.05) is 43.9 Å². The van der Waals surface area contributed by atoms with E-state index in [-0.39, 0.29) is 50.7 Å². The number of piperazine rings is 1. The first-order chi connectivity index (χ1) is 30.3. The van der Waals surface area contributed by atoms with Crippen LogP contribution < -0.4 is 25.6 Å². The van der Waals surface area contributed by atoms with E-state index in [0.29, 0.717) is 63.2 Å². The molecule has 5 aliphatic rings. The van der Waals surface area contributed by atoms with Crippen molar-refractivity contribution in [1.82, 2.24) is 30.1 Å². The van der Waals surface area contributed by atoms with Crippen LogP contribution in [-0.4, -0.2) is 122 Å². The highest BCUT2D eigenvalue weighted by Crippen LogP contribution is 2.45. The topological polar surface area (TPSA) is 213 Å². The number of benzene rings is 1. The summed E-state index contributed by atoms with van der Waals surface area (Å²) in [7, 11) is -4.68. The van der Waals surface area contributed by atoms with Gasteiger partial charge in [0.2, 0.25) is 17.5 Å². The van der Waals surface area contributed by atoms with Crippen molar-refractivity contribution in [3.8, 4) is 0 Å². The van der Waals surface area contributed by atoms with Gasteiger partial charge in [-0.25, -0.2) is 32.0 Å². The molecule has 0 radical (unpaired) electrons. The number of hydrogen-bond donors (Lipinski definition) is 4. The van der Waals surface area contributed by atoms with Crippen molar-refractivity contribution in [2.45, 2.75) is 112 Å². The van der Waals surface area contributed by atoms with Crippen LogP contribution in [0.25, 0.3) is 4.85 Å². The smallest absolute Gasteiger partial charge is 0.410 e. The minimum Gasteiger partial charge on any atom is -0.446 e. The van der Waals surface area contributed by atoms with Crippen molar-refractivity contribution in [2.75, 3.05) is 49.5 Å². The molecule has 1 spiro atoms. The summed E-state index contributed by atoms with van der Waals surface area (Å²) in [6.07, 6.45) is 6.98. The van der Waals surface area contributed by atoms with E-state index in [4.69, 9.17) is 16.0 Å².